The maximum Gasteiger partial charge on any atom is 0.337 e. The van der Waals surface area contributed by atoms with Gasteiger partial charge in [-0.25, -0.2) is 4.79 Å². The maximum absolute atomic E-state index is 12.0. The second-order valence-electron chi connectivity index (χ2n) is 4.62. The van der Waals surface area contributed by atoms with Gasteiger partial charge in [-0.1, -0.05) is 0 Å². The van der Waals surface area contributed by atoms with Gasteiger partial charge in [0, 0.05) is 12.2 Å². The lowest BCUT2D eigenvalue weighted by Crippen LogP contribution is -2.29. The zero-order chi connectivity index (χ0) is 14.5. The Hall–Kier alpha value is -1.92. The Labute approximate surface area is 117 Å². The predicted octanol–water partition coefficient (Wildman–Crippen LogP) is 0.918. The molecular formula is C14H18N2O4. The van der Waals surface area contributed by atoms with Crippen molar-refractivity contribution in [1.82, 2.24) is 0 Å². The lowest BCUT2D eigenvalue weighted by atomic mass is 10.1. The van der Waals surface area contributed by atoms with Gasteiger partial charge in [0.25, 0.3) is 5.91 Å². The number of esters is 1. The van der Waals surface area contributed by atoms with Gasteiger partial charge in [0.2, 0.25) is 0 Å². The molecule has 0 radical (unpaired) electrons. The molecule has 0 saturated carbocycles. The molecule has 1 heterocycles. The Bertz CT molecular complexity index is 486. The van der Waals surface area contributed by atoms with E-state index in [1.54, 1.807) is 24.3 Å². The molecule has 1 aliphatic heterocycles. The Balaban J connectivity index is 1.93. The topological polar surface area (TPSA) is 90.7 Å². The summed E-state index contributed by atoms with van der Waals surface area (Å²) < 4.78 is 10.1. The van der Waals surface area contributed by atoms with Crippen LogP contribution in [0.1, 0.15) is 23.2 Å². The standard InChI is InChI=1S/C14H18N2O4/c1-19-14(18)9-2-4-10(5-3-9)16-13(17)12-7-6-11(8-15)20-12/h2-5,11-12H,6-8,15H2,1H3,(H,16,17). The molecule has 2 rings (SSSR count). The van der Waals surface area contributed by atoms with Crippen LogP contribution in [0.5, 0.6) is 0 Å². The number of benzene rings is 1. The summed E-state index contributed by atoms with van der Waals surface area (Å²) in [5.41, 5.74) is 6.56. The third-order valence-electron chi connectivity index (χ3n) is 3.24. The minimum absolute atomic E-state index is 0.0348. The minimum Gasteiger partial charge on any atom is -0.465 e. The second-order valence-corrected chi connectivity index (χ2v) is 4.62. The van der Waals surface area contributed by atoms with E-state index in [0.717, 1.165) is 6.42 Å². The van der Waals surface area contributed by atoms with E-state index in [-0.39, 0.29) is 12.0 Å². The quantitative estimate of drug-likeness (QED) is 0.799. The molecule has 2 atom stereocenters. The zero-order valence-electron chi connectivity index (χ0n) is 11.3. The number of anilines is 1. The van der Waals surface area contributed by atoms with E-state index in [2.05, 4.69) is 10.1 Å². The van der Waals surface area contributed by atoms with Gasteiger partial charge in [0.05, 0.1) is 18.8 Å². The fourth-order valence-electron chi connectivity index (χ4n) is 2.10. The molecule has 6 heteroatoms. The molecule has 1 fully saturated rings. The number of carbonyl (C=O) groups is 2. The van der Waals surface area contributed by atoms with E-state index >= 15 is 0 Å². The van der Waals surface area contributed by atoms with Crippen LogP contribution in [0, 0.1) is 0 Å². The first-order valence-corrected chi connectivity index (χ1v) is 6.49. The van der Waals surface area contributed by atoms with Gasteiger partial charge in [0.1, 0.15) is 6.10 Å². The van der Waals surface area contributed by atoms with E-state index in [1.165, 1.54) is 7.11 Å². The Morgan fingerprint density at radius 1 is 1.35 bits per heavy atom. The van der Waals surface area contributed by atoms with Gasteiger partial charge in [-0.05, 0) is 37.1 Å². The molecule has 1 amide bonds. The molecule has 0 bridgehead atoms. The van der Waals surface area contributed by atoms with Crippen LogP contribution in [0.2, 0.25) is 0 Å². The van der Waals surface area contributed by atoms with Crippen molar-refractivity contribution in [3.05, 3.63) is 29.8 Å². The number of amides is 1. The first-order valence-electron chi connectivity index (χ1n) is 6.49. The molecular weight excluding hydrogens is 260 g/mol. The highest BCUT2D eigenvalue weighted by atomic mass is 16.5. The van der Waals surface area contributed by atoms with Crippen molar-refractivity contribution in [3.8, 4) is 0 Å². The average Bonchev–Trinajstić information content (AvgIpc) is 2.96. The summed E-state index contributed by atoms with van der Waals surface area (Å²) in [6.07, 6.45) is 0.986. The summed E-state index contributed by atoms with van der Waals surface area (Å²) >= 11 is 0. The van der Waals surface area contributed by atoms with Gasteiger partial charge in [0.15, 0.2) is 0 Å². The maximum atomic E-state index is 12.0. The minimum atomic E-state index is -0.455. The molecule has 0 aromatic heterocycles. The third-order valence-corrected chi connectivity index (χ3v) is 3.24. The smallest absolute Gasteiger partial charge is 0.337 e. The first-order chi connectivity index (χ1) is 9.63. The van der Waals surface area contributed by atoms with E-state index < -0.39 is 12.1 Å². The van der Waals surface area contributed by atoms with Crippen LogP contribution in [0.25, 0.3) is 0 Å². The van der Waals surface area contributed by atoms with E-state index in [0.29, 0.717) is 24.2 Å². The van der Waals surface area contributed by atoms with Gasteiger partial charge < -0.3 is 20.5 Å². The summed E-state index contributed by atoms with van der Waals surface area (Å²) in [6, 6.07) is 6.50. The van der Waals surface area contributed by atoms with E-state index in [4.69, 9.17) is 10.5 Å². The molecule has 1 saturated heterocycles. The highest BCUT2D eigenvalue weighted by Gasteiger charge is 2.29. The number of hydrogen-bond acceptors (Lipinski definition) is 5. The van der Waals surface area contributed by atoms with Crippen LogP contribution in [0.15, 0.2) is 24.3 Å². The van der Waals surface area contributed by atoms with Crippen LogP contribution < -0.4 is 11.1 Å². The normalized spacial score (nSPS) is 21.5. The van der Waals surface area contributed by atoms with Crippen molar-refractivity contribution < 1.29 is 19.1 Å². The number of nitrogens with two attached hydrogens (primary N) is 1. The molecule has 0 aliphatic carbocycles. The lowest BCUT2D eigenvalue weighted by molar-refractivity contribution is -0.126. The summed E-state index contributed by atoms with van der Waals surface area (Å²) in [6.45, 7) is 0.428. The molecule has 1 aromatic rings. The van der Waals surface area contributed by atoms with Crippen molar-refractivity contribution in [2.45, 2.75) is 25.0 Å². The van der Waals surface area contributed by atoms with Gasteiger partial charge >= 0.3 is 5.97 Å². The zero-order valence-corrected chi connectivity index (χ0v) is 11.3. The fraction of sp³-hybridized carbons (Fsp3) is 0.429. The van der Waals surface area contributed by atoms with Crippen LogP contribution in [0.4, 0.5) is 5.69 Å². The SMILES string of the molecule is COC(=O)c1ccc(NC(=O)C2CCC(CN)O2)cc1. The largest absolute Gasteiger partial charge is 0.465 e. The Morgan fingerprint density at radius 3 is 2.60 bits per heavy atom. The van der Waals surface area contributed by atoms with Crippen molar-refractivity contribution in [3.63, 3.8) is 0 Å². The monoisotopic (exact) mass is 278 g/mol. The van der Waals surface area contributed by atoms with Crippen LogP contribution in [-0.4, -0.2) is 37.7 Å². The Kier molecular flexibility index (Phi) is 4.70. The van der Waals surface area contributed by atoms with Crippen molar-refractivity contribution in [2.24, 2.45) is 5.73 Å². The number of carbonyl (C=O) groups excluding carboxylic acids is 2. The molecule has 3 N–H and O–H groups in total. The molecule has 1 aromatic carbocycles. The predicted molar refractivity (Wildman–Crippen MR) is 73.4 cm³/mol. The number of hydrogen-bond donors (Lipinski definition) is 2. The van der Waals surface area contributed by atoms with Gasteiger partial charge in [-0.3, -0.25) is 4.79 Å². The number of rotatable bonds is 4. The molecule has 2 unspecified atom stereocenters. The van der Waals surface area contributed by atoms with Crippen molar-refractivity contribution in [1.29, 1.82) is 0 Å². The van der Waals surface area contributed by atoms with Crippen LogP contribution in [-0.2, 0) is 14.3 Å². The average molecular weight is 278 g/mol. The summed E-state index contributed by atoms with van der Waals surface area (Å²) in [5, 5.41) is 2.76. The second kappa shape index (κ2) is 6.49. The van der Waals surface area contributed by atoms with E-state index in [1.807, 2.05) is 0 Å². The molecule has 20 heavy (non-hydrogen) atoms. The molecule has 6 nitrogen and oxygen atoms in total. The third kappa shape index (κ3) is 3.34. The lowest BCUT2D eigenvalue weighted by Gasteiger charge is -2.12. The highest BCUT2D eigenvalue weighted by Crippen LogP contribution is 2.20. The molecule has 0 spiro atoms. The summed E-state index contributed by atoms with van der Waals surface area (Å²) in [7, 11) is 1.32. The van der Waals surface area contributed by atoms with Crippen LogP contribution >= 0.6 is 0 Å². The number of nitrogens with one attached hydrogen (secondary N) is 1. The fourth-order valence-corrected chi connectivity index (χ4v) is 2.10. The molecule has 1 aliphatic rings. The van der Waals surface area contributed by atoms with Gasteiger partial charge in [-0.2, -0.15) is 0 Å². The van der Waals surface area contributed by atoms with Gasteiger partial charge in [-0.15, -0.1) is 0 Å². The highest BCUT2D eigenvalue weighted by molar-refractivity contribution is 5.95. The summed E-state index contributed by atoms with van der Waals surface area (Å²) in [5.74, 6) is -0.598. The first kappa shape index (κ1) is 14.5. The summed E-state index contributed by atoms with van der Waals surface area (Å²) in [4.78, 5) is 23.3. The van der Waals surface area contributed by atoms with Crippen molar-refractivity contribution in [2.75, 3.05) is 19.0 Å². The molecule has 108 valence electrons. The van der Waals surface area contributed by atoms with Crippen LogP contribution in [0.3, 0.4) is 0 Å². The number of methoxy groups -OCH3 is 1. The van der Waals surface area contributed by atoms with Crippen molar-refractivity contribution >= 4 is 17.6 Å². The van der Waals surface area contributed by atoms with E-state index in [9.17, 15) is 9.59 Å². The number of ether oxygens (including phenoxy) is 2. The Morgan fingerprint density at radius 2 is 2.05 bits per heavy atom.